The average molecular weight is 650 g/mol. The van der Waals surface area contributed by atoms with Gasteiger partial charge in [0, 0.05) is 42.7 Å². The van der Waals surface area contributed by atoms with E-state index >= 15 is 0 Å². The number of aliphatic hydroxyl groups excluding tert-OH is 1. The number of methoxy groups -OCH3 is 1. The van der Waals surface area contributed by atoms with Gasteiger partial charge in [-0.2, -0.15) is 5.10 Å². The molecule has 0 radical (unpaired) electrons. The van der Waals surface area contributed by atoms with E-state index in [0.717, 1.165) is 48.1 Å². The van der Waals surface area contributed by atoms with E-state index in [-0.39, 0.29) is 31.1 Å². The fourth-order valence-electron chi connectivity index (χ4n) is 6.95. The summed E-state index contributed by atoms with van der Waals surface area (Å²) >= 11 is 6.38. The molecule has 3 aromatic rings. The van der Waals surface area contributed by atoms with E-state index in [1.54, 1.807) is 7.11 Å². The van der Waals surface area contributed by atoms with Crippen molar-refractivity contribution in [3.63, 3.8) is 0 Å². The molecular weight excluding hydrogens is 606 g/mol. The molecule has 11 heteroatoms. The first-order valence-electron chi connectivity index (χ1n) is 16.6. The Kier molecular flexibility index (Phi) is 10.4. The minimum absolute atomic E-state index is 0.134. The lowest BCUT2D eigenvalue weighted by atomic mass is 9.78. The van der Waals surface area contributed by atoms with Crippen LogP contribution in [0.3, 0.4) is 0 Å². The monoisotopic (exact) mass is 649 g/mol. The number of anilines is 1. The van der Waals surface area contributed by atoms with Crippen LogP contribution < -0.4 is 15.0 Å². The lowest BCUT2D eigenvalue weighted by Gasteiger charge is -2.36. The Balaban J connectivity index is 1.15. The quantitative estimate of drug-likeness (QED) is 0.243. The summed E-state index contributed by atoms with van der Waals surface area (Å²) in [6.07, 6.45) is 14.2. The zero-order valence-corrected chi connectivity index (χ0v) is 27.2. The van der Waals surface area contributed by atoms with Gasteiger partial charge in [-0.25, -0.2) is 9.78 Å². The second-order valence-corrected chi connectivity index (χ2v) is 13.4. The van der Waals surface area contributed by atoms with E-state index < -0.39 is 6.09 Å². The summed E-state index contributed by atoms with van der Waals surface area (Å²) in [7, 11) is 1.57. The molecule has 3 fully saturated rings. The number of ether oxygens (including phenoxy) is 2. The molecule has 0 bridgehead atoms. The molecule has 2 amide bonds. The number of halogens is 1. The molecule has 0 atom stereocenters. The van der Waals surface area contributed by atoms with Crippen LogP contribution in [0, 0.1) is 11.8 Å². The first kappa shape index (κ1) is 32.3. The molecular formula is C35H44ClN5O5. The van der Waals surface area contributed by atoms with Crippen molar-refractivity contribution in [3.8, 4) is 17.0 Å². The number of nitrogens with one attached hydrogen (secondary N) is 1. The van der Waals surface area contributed by atoms with Crippen LogP contribution in [0.2, 0.25) is 5.02 Å². The predicted octanol–water partition coefficient (Wildman–Crippen LogP) is 6.53. The fourth-order valence-corrected chi connectivity index (χ4v) is 7.20. The largest absolute Gasteiger partial charge is 0.480 e. The average Bonchev–Trinajstić information content (AvgIpc) is 3.82. The Hall–Kier alpha value is -3.63. The number of pyridine rings is 1. The highest BCUT2D eigenvalue weighted by molar-refractivity contribution is 6.31. The van der Waals surface area contributed by atoms with Crippen LogP contribution in [-0.4, -0.2) is 64.8 Å². The normalized spacial score (nSPS) is 23.0. The minimum atomic E-state index is -0.518. The molecule has 3 saturated carbocycles. The molecule has 0 saturated heterocycles. The summed E-state index contributed by atoms with van der Waals surface area (Å²) in [6.45, 7) is 0.692. The number of benzene rings is 1. The zero-order chi connectivity index (χ0) is 32.0. The Morgan fingerprint density at radius 2 is 1.80 bits per heavy atom. The minimum Gasteiger partial charge on any atom is -0.480 e. The number of alkyl carbamates (subject to hydrolysis) is 1. The highest BCUT2D eigenvalue weighted by Crippen LogP contribution is 2.40. The number of amides is 2. The molecule has 6 rings (SSSR count). The van der Waals surface area contributed by atoms with Crippen LogP contribution in [0.1, 0.15) is 81.7 Å². The van der Waals surface area contributed by atoms with Gasteiger partial charge in [-0.3, -0.25) is 9.48 Å². The Morgan fingerprint density at radius 1 is 1.02 bits per heavy atom. The van der Waals surface area contributed by atoms with Crippen LogP contribution in [0.5, 0.6) is 5.88 Å². The number of aliphatic hydroxyl groups is 1. The van der Waals surface area contributed by atoms with Gasteiger partial charge < -0.3 is 24.8 Å². The molecule has 2 N–H and O–H groups in total. The maximum atomic E-state index is 14.3. The number of hydrogen-bond acceptors (Lipinski definition) is 7. The summed E-state index contributed by atoms with van der Waals surface area (Å²) in [5.41, 5.74) is 4.17. The van der Waals surface area contributed by atoms with E-state index in [2.05, 4.69) is 38.4 Å². The number of nitrogens with zero attached hydrogens (tertiary/aromatic N) is 4. The summed E-state index contributed by atoms with van der Waals surface area (Å²) in [4.78, 5) is 32.7. The highest BCUT2D eigenvalue weighted by Gasteiger charge is 2.34. The van der Waals surface area contributed by atoms with Gasteiger partial charge >= 0.3 is 6.09 Å². The Bertz CT molecular complexity index is 1490. The van der Waals surface area contributed by atoms with Gasteiger partial charge in [-0.1, -0.05) is 23.7 Å². The van der Waals surface area contributed by atoms with Crippen molar-refractivity contribution < 1.29 is 24.2 Å². The number of carbonyl (C=O) groups excluding carboxylic acids is 2. The third kappa shape index (κ3) is 7.83. The van der Waals surface area contributed by atoms with E-state index in [1.807, 2.05) is 35.5 Å². The molecule has 2 heterocycles. The van der Waals surface area contributed by atoms with E-state index in [0.29, 0.717) is 61.0 Å². The van der Waals surface area contributed by atoms with E-state index in [9.17, 15) is 9.59 Å². The second-order valence-electron chi connectivity index (χ2n) is 12.9. The molecule has 0 spiro atoms. The maximum absolute atomic E-state index is 14.3. The van der Waals surface area contributed by atoms with Crippen LogP contribution in [0.25, 0.3) is 11.1 Å². The molecule has 0 unspecified atom stereocenters. The van der Waals surface area contributed by atoms with Gasteiger partial charge in [0.15, 0.2) is 0 Å². The number of aromatic nitrogens is 3. The Labute approximate surface area is 275 Å². The van der Waals surface area contributed by atoms with Crippen LogP contribution in [0.4, 0.5) is 10.5 Å². The number of rotatable bonds is 11. The zero-order valence-electron chi connectivity index (χ0n) is 26.4. The molecule has 10 nitrogen and oxygen atoms in total. The smallest absolute Gasteiger partial charge is 0.407 e. The van der Waals surface area contributed by atoms with Crippen molar-refractivity contribution >= 4 is 29.3 Å². The van der Waals surface area contributed by atoms with E-state index in [1.165, 1.54) is 12.8 Å². The SMILES string of the molecule is COc1ncc(C2CCC(CN(C(=O)C3CCC(OC(=O)NCCO)CC3)c3cccc(-c4cnn(C5CC5)c4)c3)CC2)cc1Cl. The third-order valence-electron chi connectivity index (χ3n) is 9.74. The highest BCUT2D eigenvalue weighted by atomic mass is 35.5. The van der Waals surface area contributed by atoms with Crippen LogP contribution in [0.15, 0.2) is 48.9 Å². The Morgan fingerprint density at radius 3 is 2.50 bits per heavy atom. The fraction of sp³-hybridized carbons (Fsp3) is 0.543. The molecule has 3 aliphatic carbocycles. The van der Waals surface area contributed by atoms with Gasteiger partial charge in [-0.15, -0.1) is 0 Å². The first-order chi connectivity index (χ1) is 22.4. The first-order valence-corrected chi connectivity index (χ1v) is 17.0. The van der Waals surface area contributed by atoms with Crippen molar-refractivity contribution in [1.29, 1.82) is 0 Å². The van der Waals surface area contributed by atoms with Gasteiger partial charge in [0.25, 0.3) is 0 Å². The van der Waals surface area contributed by atoms with Gasteiger partial charge in [0.1, 0.15) is 11.1 Å². The van der Waals surface area contributed by atoms with Crippen LogP contribution in [-0.2, 0) is 9.53 Å². The van der Waals surface area contributed by atoms with Gasteiger partial charge in [0.05, 0.1) is 26.0 Å². The lowest BCUT2D eigenvalue weighted by Crippen LogP contribution is -2.42. The molecule has 46 heavy (non-hydrogen) atoms. The molecule has 246 valence electrons. The number of hydrogen-bond donors (Lipinski definition) is 2. The summed E-state index contributed by atoms with van der Waals surface area (Å²) in [6, 6.07) is 10.8. The molecule has 3 aliphatic rings. The second kappa shape index (κ2) is 14.9. The summed E-state index contributed by atoms with van der Waals surface area (Å²) in [5.74, 6) is 1.21. The van der Waals surface area contributed by atoms with Crippen LogP contribution >= 0.6 is 11.6 Å². The molecule has 1 aromatic carbocycles. The van der Waals surface area contributed by atoms with Gasteiger partial charge in [0.2, 0.25) is 11.8 Å². The maximum Gasteiger partial charge on any atom is 0.407 e. The summed E-state index contributed by atoms with van der Waals surface area (Å²) < 4.78 is 12.8. The predicted molar refractivity (Wildman–Crippen MR) is 176 cm³/mol. The third-order valence-corrected chi connectivity index (χ3v) is 10.0. The van der Waals surface area contributed by atoms with E-state index in [4.69, 9.17) is 26.2 Å². The molecule has 2 aromatic heterocycles. The van der Waals surface area contributed by atoms with Crippen molar-refractivity contribution in [2.75, 3.05) is 31.7 Å². The lowest BCUT2D eigenvalue weighted by molar-refractivity contribution is -0.124. The number of carbonyl (C=O) groups is 2. The van der Waals surface area contributed by atoms with Crippen molar-refractivity contribution in [1.82, 2.24) is 20.1 Å². The van der Waals surface area contributed by atoms with Crippen molar-refractivity contribution in [2.24, 2.45) is 11.8 Å². The van der Waals surface area contributed by atoms with Crippen molar-refractivity contribution in [3.05, 3.63) is 59.5 Å². The molecule has 0 aliphatic heterocycles. The standard InChI is InChI=1S/C35H44ClN5O5/c1-45-33-32(36)18-27(19-38-33)24-7-5-23(6-8-24)21-40(34(43)25-9-13-31(14-10-25)46-35(44)37-15-16-42)30-4-2-3-26(17-30)28-20-39-41(22-28)29-11-12-29/h2-4,17-20,22-25,29,31,42H,5-16,21H2,1H3,(H,37,44). The topological polar surface area (TPSA) is 119 Å². The summed E-state index contributed by atoms with van der Waals surface area (Å²) in [5, 5.41) is 16.6. The van der Waals surface area contributed by atoms with Crippen molar-refractivity contribution in [2.45, 2.75) is 82.3 Å². The van der Waals surface area contributed by atoms with Gasteiger partial charge in [-0.05, 0) is 105 Å².